The fourth-order valence-electron chi connectivity index (χ4n) is 6.34. The van der Waals surface area contributed by atoms with Gasteiger partial charge in [0, 0.05) is 23.5 Å². The molecule has 0 spiro atoms. The molecule has 0 unspecified atom stereocenters. The Labute approximate surface area is 158 Å². The topological polar surface area (TPSA) is 82.2 Å². The van der Waals surface area contributed by atoms with Crippen molar-refractivity contribution in [3.63, 3.8) is 0 Å². The van der Waals surface area contributed by atoms with Gasteiger partial charge in [-0.15, -0.1) is 0 Å². The van der Waals surface area contributed by atoms with Crippen LogP contribution in [0.25, 0.3) is 10.9 Å². The van der Waals surface area contributed by atoms with E-state index in [-0.39, 0.29) is 11.3 Å². The number of rotatable bonds is 5. The van der Waals surface area contributed by atoms with Crippen molar-refractivity contribution < 1.29 is 14.7 Å². The molecule has 5 rings (SSSR count). The second kappa shape index (κ2) is 6.11. The molecule has 5 atom stereocenters. The van der Waals surface area contributed by atoms with Crippen LogP contribution in [0, 0.1) is 23.2 Å². The molecule has 0 radical (unpaired) electrons. The zero-order valence-electron chi connectivity index (χ0n) is 15.4. The van der Waals surface area contributed by atoms with Gasteiger partial charge in [-0.1, -0.05) is 24.6 Å². The smallest absolute Gasteiger partial charge is 0.326 e. The minimum absolute atomic E-state index is 0.00774. The van der Waals surface area contributed by atoms with E-state index in [0.29, 0.717) is 24.2 Å². The van der Waals surface area contributed by atoms with E-state index in [4.69, 9.17) is 0 Å². The Balaban J connectivity index is 1.37. The monoisotopic (exact) mass is 366 g/mol. The van der Waals surface area contributed by atoms with Crippen LogP contribution in [0.5, 0.6) is 0 Å². The lowest BCUT2D eigenvalue weighted by molar-refractivity contribution is -0.146. The molecule has 0 saturated heterocycles. The molecular formula is C22H26N2O3. The predicted octanol–water partition coefficient (Wildman–Crippen LogP) is 3.50. The zero-order valence-corrected chi connectivity index (χ0v) is 15.4. The third kappa shape index (κ3) is 2.67. The van der Waals surface area contributed by atoms with E-state index in [1.807, 2.05) is 30.5 Å². The van der Waals surface area contributed by atoms with Gasteiger partial charge in [0.05, 0.1) is 5.41 Å². The maximum Gasteiger partial charge on any atom is 0.326 e. The van der Waals surface area contributed by atoms with E-state index >= 15 is 0 Å². The molecule has 27 heavy (non-hydrogen) atoms. The molecule has 1 heterocycles. The van der Waals surface area contributed by atoms with Crippen molar-refractivity contribution in [1.82, 2.24) is 10.3 Å². The first-order chi connectivity index (χ1) is 13.0. The van der Waals surface area contributed by atoms with Crippen LogP contribution in [0.1, 0.15) is 44.1 Å². The highest BCUT2D eigenvalue weighted by molar-refractivity contribution is 5.89. The number of hydrogen-bond donors (Lipinski definition) is 3. The SMILES string of the molecule is O=C(O)[C@H](Cc1c[nH]c2ccccc12)NC(=O)[C@]12C[C@@H]3CC[C@H]1C[C@@H](C3)C2. The molecule has 3 aliphatic carbocycles. The normalized spacial score (nSPS) is 32.5. The Morgan fingerprint density at radius 3 is 2.85 bits per heavy atom. The number of aliphatic carboxylic acids is 1. The lowest BCUT2D eigenvalue weighted by atomic mass is 9.61. The predicted molar refractivity (Wildman–Crippen MR) is 102 cm³/mol. The number of amides is 1. The van der Waals surface area contributed by atoms with Crippen LogP contribution in [0.3, 0.4) is 0 Å². The summed E-state index contributed by atoms with van der Waals surface area (Å²) >= 11 is 0. The summed E-state index contributed by atoms with van der Waals surface area (Å²) in [6.45, 7) is 0. The van der Waals surface area contributed by atoms with Crippen molar-refractivity contribution in [1.29, 1.82) is 0 Å². The van der Waals surface area contributed by atoms with E-state index in [1.165, 1.54) is 12.8 Å². The van der Waals surface area contributed by atoms with Gasteiger partial charge in [-0.2, -0.15) is 0 Å². The van der Waals surface area contributed by atoms with Crippen molar-refractivity contribution in [3.8, 4) is 0 Å². The maximum atomic E-state index is 13.3. The van der Waals surface area contributed by atoms with Gasteiger partial charge in [0.25, 0.3) is 0 Å². The third-order valence-corrected chi connectivity index (χ3v) is 7.45. The van der Waals surface area contributed by atoms with Crippen molar-refractivity contribution in [2.75, 3.05) is 0 Å². The Bertz CT molecular complexity index is 904. The minimum atomic E-state index is -0.958. The maximum absolute atomic E-state index is 13.3. The number of hydrogen-bond acceptors (Lipinski definition) is 2. The third-order valence-electron chi connectivity index (χ3n) is 7.45. The molecule has 5 nitrogen and oxygen atoms in total. The van der Waals surface area contributed by atoms with Gasteiger partial charge < -0.3 is 15.4 Å². The molecule has 3 saturated carbocycles. The van der Waals surface area contributed by atoms with Crippen molar-refractivity contribution in [2.45, 2.75) is 51.0 Å². The highest BCUT2D eigenvalue weighted by atomic mass is 16.4. The number of nitrogens with one attached hydrogen (secondary N) is 2. The molecule has 142 valence electrons. The average molecular weight is 366 g/mol. The highest BCUT2D eigenvalue weighted by Crippen LogP contribution is 2.62. The summed E-state index contributed by atoms with van der Waals surface area (Å²) in [7, 11) is 0. The second-order valence-corrected chi connectivity index (χ2v) is 8.97. The van der Waals surface area contributed by atoms with Crippen molar-refractivity contribution >= 4 is 22.8 Å². The number of carboxylic acid groups (broad SMARTS) is 1. The van der Waals surface area contributed by atoms with Crippen LogP contribution in [0.4, 0.5) is 0 Å². The first-order valence-corrected chi connectivity index (χ1v) is 10.1. The summed E-state index contributed by atoms with van der Waals surface area (Å²) in [5.41, 5.74) is 1.62. The van der Waals surface area contributed by atoms with Crippen LogP contribution < -0.4 is 5.32 Å². The first kappa shape index (κ1) is 16.8. The number of benzene rings is 1. The molecular weight excluding hydrogens is 340 g/mol. The van der Waals surface area contributed by atoms with Gasteiger partial charge >= 0.3 is 5.97 Å². The second-order valence-electron chi connectivity index (χ2n) is 8.97. The first-order valence-electron chi connectivity index (χ1n) is 10.1. The molecule has 5 heteroatoms. The number of carbonyl (C=O) groups excluding carboxylic acids is 1. The van der Waals surface area contributed by atoms with Gasteiger partial charge in [0.15, 0.2) is 0 Å². The number of H-pyrrole nitrogens is 1. The Kier molecular flexibility index (Phi) is 3.81. The molecule has 1 aromatic heterocycles. The highest BCUT2D eigenvalue weighted by Gasteiger charge is 2.58. The van der Waals surface area contributed by atoms with Crippen LogP contribution in [-0.4, -0.2) is 28.0 Å². The number of fused-ring (bicyclic) bond motifs is 3. The van der Waals surface area contributed by atoms with Gasteiger partial charge in [-0.05, 0) is 61.5 Å². The zero-order chi connectivity index (χ0) is 18.6. The van der Waals surface area contributed by atoms with E-state index in [1.54, 1.807) is 0 Å². The summed E-state index contributed by atoms with van der Waals surface area (Å²) in [5, 5.41) is 13.7. The summed E-state index contributed by atoms with van der Waals surface area (Å²) < 4.78 is 0. The lowest BCUT2D eigenvalue weighted by Gasteiger charge is -2.44. The van der Waals surface area contributed by atoms with Crippen LogP contribution in [0.2, 0.25) is 0 Å². The van der Waals surface area contributed by atoms with E-state index in [0.717, 1.165) is 42.1 Å². The number of aromatic amines is 1. The number of aromatic nitrogens is 1. The number of carboxylic acids is 1. The molecule has 0 aliphatic heterocycles. The molecule has 2 aromatic rings. The van der Waals surface area contributed by atoms with Crippen molar-refractivity contribution in [2.24, 2.45) is 23.2 Å². The van der Waals surface area contributed by atoms with Crippen LogP contribution >= 0.6 is 0 Å². The molecule has 3 aliphatic rings. The standard InChI is InChI=1S/C22H26N2O3/c25-20(26)19(9-15-12-23-18-4-2-1-3-17(15)18)24-21(27)22-10-13-5-6-16(22)8-14(7-13)11-22/h1-4,12-14,16,19,23H,5-11H2,(H,24,27)(H,25,26)/t13-,14-,16+,19+,22+/m1/s1. The summed E-state index contributed by atoms with van der Waals surface area (Å²) in [4.78, 5) is 28.4. The van der Waals surface area contributed by atoms with Crippen LogP contribution in [-0.2, 0) is 16.0 Å². The Morgan fingerprint density at radius 2 is 2.00 bits per heavy atom. The van der Waals surface area contributed by atoms with Crippen molar-refractivity contribution in [3.05, 3.63) is 36.0 Å². The van der Waals surface area contributed by atoms with Crippen LogP contribution in [0.15, 0.2) is 30.5 Å². The molecule has 3 bridgehead atoms. The fraction of sp³-hybridized carbons (Fsp3) is 0.545. The summed E-state index contributed by atoms with van der Waals surface area (Å²) in [5.74, 6) is 0.806. The van der Waals surface area contributed by atoms with Gasteiger partial charge in [-0.3, -0.25) is 4.79 Å². The largest absolute Gasteiger partial charge is 0.480 e. The lowest BCUT2D eigenvalue weighted by Crippen LogP contribution is -2.53. The average Bonchev–Trinajstić information content (AvgIpc) is 3.12. The number of carbonyl (C=O) groups is 2. The number of para-hydroxylation sites is 1. The Morgan fingerprint density at radius 1 is 1.19 bits per heavy atom. The molecule has 3 N–H and O–H groups in total. The summed E-state index contributed by atoms with van der Waals surface area (Å²) in [6.07, 6.45) is 8.88. The fourth-order valence-corrected chi connectivity index (χ4v) is 6.34. The Hall–Kier alpha value is -2.30. The summed E-state index contributed by atoms with van der Waals surface area (Å²) in [6, 6.07) is 6.98. The van der Waals surface area contributed by atoms with Gasteiger partial charge in [0.2, 0.25) is 5.91 Å². The van der Waals surface area contributed by atoms with Gasteiger partial charge in [0.1, 0.15) is 6.04 Å². The van der Waals surface area contributed by atoms with E-state index < -0.39 is 12.0 Å². The molecule has 3 fully saturated rings. The van der Waals surface area contributed by atoms with E-state index in [2.05, 4.69) is 10.3 Å². The quantitative estimate of drug-likeness (QED) is 0.757. The molecule has 1 amide bonds. The van der Waals surface area contributed by atoms with Gasteiger partial charge in [-0.25, -0.2) is 4.79 Å². The van der Waals surface area contributed by atoms with E-state index in [9.17, 15) is 14.7 Å². The minimum Gasteiger partial charge on any atom is -0.480 e. The molecule has 1 aromatic carbocycles.